The van der Waals surface area contributed by atoms with Gasteiger partial charge in [-0.05, 0) is 76.4 Å². The van der Waals surface area contributed by atoms with Crippen molar-refractivity contribution in [3.8, 4) is 0 Å². The van der Waals surface area contributed by atoms with E-state index in [-0.39, 0.29) is 11.2 Å². The van der Waals surface area contributed by atoms with Gasteiger partial charge < -0.3 is 4.90 Å². The molecule has 7 heteroatoms. The molecule has 29 heavy (non-hydrogen) atoms. The zero-order valence-corrected chi connectivity index (χ0v) is 17.7. The minimum atomic E-state index is -0.478. The van der Waals surface area contributed by atoms with Gasteiger partial charge in [-0.1, -0.05) is 6.08 Å². The molecule has 0 saturated carbocycles. The van der Waals surface area contributed by atoms with Gasteiger partial charge >= 0.3 is 0 Å². The van der Waals surface area contributed by atoms with Gasteiger partial charge in [0.05, 0.1) is 16.7 Å². The fourth-order valence-electron chi connectivity index (χ4n) is 4.02. The lowest BCUT2D eigenvalue weighted by Gasteiger charge is -2.46. The second-order valence-corrected chi connectivity index (χ2v) is 8.20. The van der Waals surface area contributed by atoms with Crippen molar-refractivity contribution < 1.29 is 4.92 Å². The number of hydrogen-bond donors (Lipinski definition) is 1. The number of hydrazone groups is 1. The van der Waals surface area contributed by atoms with Gasteiger partial charge in [0.1, 0.15) is 12.0 Å². The third kappa shape index (κ3) is 4.13. The molecule has 1 aromatic carbocycles. The number of hydrogen-bond acceptors (Lipinski definition) is 6. The first-order valence-corrected chi connectivity index (χ1v) is 9.63. The minimum absolute atomic E-state index is 0.0452. The fourth-order valence-corrected chi connectivity index (χ4v) is 4.02. The molecule has 7 nitrogen and oxygen atoms in total. The number of fused-ring (bicyclic) bond motifs is 1. The second kappa shape index (κ2) is 7.66. The van der Waals surface area contributed by atoms with Crippen molar-refractivity contribution in [2.75, 3.05) is 10.3 Å². The Kier molecular flexibility index (Phi) is 5.42. The summed E-state index contributed by atoms with van der Waals surface area (Å²) in [5.41, 5.74) is 8.57. The van der Waals surface area contributed by atoms with Crippen LogP contribution in [0.1, 0.15) is 51.3 Å². The molecule has 0 spiro atoms. The molecule has 1 aromatic heterocycles. The first kappa shape index (κ1) is 20.5. The molecule has 0 radical (unpaired) electrons. The lowest BCUT2D eigenvalue weighted by molar-refractivity contribution is -0.385. The highest BCUT2D eigenvalue weighted by Gasteiger charge is 2.33. The number of nitrogens with zero attached hydrogens (tertiary/aromatic N) is 4. The number of nitrogens with one attached hydrogen (secondary N) is 1. The zero-order chi connectivity index (χ0) is 21.3. The highest BCUT2D eigenvalue weighted by molar-refractivity contribution is 5.89. The Morgan fingerprint density at radius 1 is 1.28 bits per heavy atom. The minimum Gasteiger partial charge on any atom is -0.360 e. The van der Waals surface area contributed by atoms with Crippen LogP contribution in [-0.2, 0) is 0 Å². The molecule has 0 unspecified atom stereocenters. The number of allylic oxidation sites excluding steroid dienone is 1. The van der Waals surface area contributed by atoms with Crippen LogP contribution in [0.3, 0.4) is 0 Å². The van der Waals surface area contributed by atoms with E-state index in [4.69, 9.17) is 0 Å². The molecule has 2 heterocycles. The Labute approximate surface area is 171 Å². The molecular weight excluding hydrogens is 366 g/mol. The van der Waals surface area contributed by atoms with Gasteiger partial charge in [-0.25, -0.2) is 4.98 Å². The van der Waals surface area contributed by atoms with Crippen LogP contribution in [0, 0.1) is 17.0 Å². The number of nitro groups is 1. The molecule has 0 aliphatic carbocycles. The van der Waals surface area contributed by atoms with E-state index in [1.165, 1.54) is 35.2 Å². The number of anilines is 2. The van der Waals surface area contributed by atoms with Crippen molar-refractivity contribution in [1.29, 1.82) is 0 Å². The monoisotopic (exact) mass is 393 g/mol. The molecule has 1 aliphatic rings. The normalized spacial score (nSPS) is 15.4. The first-order chi connectivity index (χ1) is 13.6. The Morgan fingerprint density at radius 2 is 2.00 bits per heavy atom. The van der Waals surface area contributed by atoms with Gasteiger partial charge in [-0.15, -0.1) is 0 Å². The van der Waals surface area contributed by atoms with Crippen LogP contribution in [0.25, 0.3) is 5.57 Å². The standard InChI is InChI=1S/C22H27N5O2/c1-14(2)26-20-9-15(3)17(10-19(20)16(4)11-22(26,5)6)12-24-25-21-8-7-18(13-23-21)27(28)29/h7-14H,1-6H3,(H,23,25)/b24-12+. The summed E-state index contributed by atoms with van der Waals surface area (Å²) in [7, 11) is 0. The Balaban J connectivity index is 1.88. The third-order valence-corrected chi connectivity index (χ3v) is 5.12. The van der Waals surface area contributed by atoms with Crippen molar-refractivity contribution in [2.45, 2.75) is 53.1 Å². The molecule has 1 aliphatic heterocycles. The Hall–Kier alpha value is -3.22. The highest BCUT2D eigenvalue weighted by Crippen LogP contribution is 2.41. The second-order valence-electron chi connectivity index (χ2n) is 8.20. The summed E-state index contributed by atoms with van der Waals surface area (Å²) >= 11 is 0. The average molecular weight is 393 g/mol. The van der Waals surface area contributed by atoms with Crippen molar-refractivity contribution in [1.82, 2.24) is 4.98 Å². The van der Waals surface area contributed by atoms with Gasteiger partial charge in [-0.3, -0.25) is 15.5 Å². The molecule has 0 atom stereocenters. The lowest BCUT2D eigenvalue weighted by atomic mass is 9.86. The van der Waals surface area contributed by atoms with Gasteiger partial charge in [0.2, 0.25) is 0 Å². The molecule has 0 bridgehead atoms. The van der Waals surface area contributed by atoms with Gasteiger partial charge in [0, 0.05) is 23.4 Å². The number of pyridine rings is 1. The zero-order valence-electron chi connectivity index (χ0n) is 17.7. The van der Waals surface area contributed by atoms with Crippen molar-refractivity contribution in [3.63, 3.8) is 0 Å². The van der Waals surface area contributed by atoms with Crippen LogP contribution in [0.15, 0.2) is 41.6 Å². The molecule has 0 saturated heterocycles. The predicted octanol–water partition coefficient (Wildman–Crippen LogP) is 5.15. The van der Waals surface area contributed by atoms with E-state index in [2.05, 4.69) is 80.2 Å². The van der Waals surface area contributed by atoms with Crippen molar-refractivity contribution in [3.05, 3.63) is 63.3 Å². The van der Waals surface area contributed by atoms with Crippen molar-refractivity contribution in [2.24, 2.45) is 5.10 Å². The molecule has 0 fully saturated rings. The summed E-state index contributed by atoms with van der Waals surface area (Å²) in [4.78, 5) is 16.7. The number of rotatable bonds is 5. The van der Waals surface area contributed by atoms with Gasteiger partial charge in [0.25, 0.3) is 5.69 Å². The SMILES string of the molecule is CC1=CC(C)(C)N(C(C)C)c2cc(C)c(/C=N/Nc3ccc([N+](=O)[O-])cn3)cc21. The van der Waals surface area contributed by atoms with Crippen LogP contribution in [-0.4, -0.2) is 27.7 Å². The van der Waals surface area contributed by atoms with Crippen LogP contribution in [0.2, 0.25) is 0 Å². The van der Waals surface area contributed by atoms with E-state index in [0.29, 0.717) is 11.9 Å². The Morgan fingerprint density at radius 3 is 2.59 bits per heavy atom. The van der Waals surface area contributed by atoms with Crippen LogP contribution in [0.5, 0.6) is 0 Å². The summed E-state index contributed by atoms with van der Waals surface area (Å²) in [5.74, 6) is 0.450. The van der Waals surface area contributed by atoms with Gasteiger partial charge in [0.15, 0.2) is 0 Å². The van der Waals surface area contributed by atoms with Crippen LogP contribution in [0.4, 0.5) is 17.2 Å². The number of aryl methyl sites for hydroxylation is 1. The topological polar surface area (TPSA) is 83.7 Å². The maximum atomic E-state index is 10.7. The first-order valence-electron chi connectivity index (χ1n) is 9.63. The molecular formula is C22H27N5O2. The highest BCUT2D eigenvalue weighted by atomic mass is 16.6. The molecule has 0 amide bonds. The summed E-state index contributed by atoms with van der Waals surface area (Å²) < 4.78 is 0. The van der Waals surface area contributed by atoms with E-state index in [9.17, 15) is 10.1 Å². The maximum absolute atomic E-state index is 10.7. The summed E-state index contributed by atoms with van der Waals surface area (Å²) in [6.07, 6.45) is 5.27. The average Bonchev–Trinajstić information content (AvgIpc) is 2.62. The smallest absolute Gasteiger partial charge is 0.287 e. The predicted molar refractivity (Wildman–Crippen MR) is 119 cm³/mol. The van der Waals surface area contributed by atoms with Gasteiger partial charge in [-0.2, -0.15) is 5.10 Å². The number of aromatic nitrogens is 1. The van der Waals surface area contributed by atoms with E-state index in [1.807, 2.05) is 0 Å². The van der Waals surface area contributed by atoms with E-state index in [0.717, 1.165) is 11.1 Å². The van der Waals surface area contributed by atoms with E-state index < -0.39 is 4.92 Å². The van der Waals surface area contributed by atoms with E-state index >= 15 is 0 Å². The van der Waals surface area contributed by atoms with Crippen molar-refractivity contribution >= 4 is 29.0 Å². The Bertz CT molecular complexity index is 991. The number of benzene rings is 1. The molecule has 1 N–H and O–H groups in total. The summed E-state index contributed by atoms with van der Waals surface area (Å²) in [5, 5.41) is 15.0. The van der Waals surface area contributed by atoms with Crippen LogP contribution < -0.4 is 10.3 Å². The fraction of sp³-hybridized carbons (Fsp3) is 0.364. The lowest BCUT2D eigenvalue weighted by Crippen LogP contribution is -2.49. The molecule has 152 valence electrons. The van der Waals surface area contributed by atoms with Crippen LogP contribution >= 0.6 is 0 Å². The molecule has 2 aromatic rings. The summed E-state index contributed by atoms with van der Waals surface area (Å²) in [6.45, 7) is 13.1. The summed E-state index contributed by atoms with van der Waals surface area (Å²) in [6, 6.07) is 7.69. The quantitative estimate of drug-likeness (QED) is 0.431. The third-order valence-electron chi connectivity index (χ3n) is 5.12. The largest absolute Gasteiger partial charge is 0.360 e. The molecule has 3 rings (SSSR count). The maximum Gasteiger partial charge on any atom is 0.287 e. The van der Waals surface area contributed by atoms with E-state index in [1.54, 1.807) is 6.21 Å².